The summed E-state index contributed by atoms with van der Waals surface area (Å²) in [5, 5.41) is 11.1. The molecule has 1 aliphatic rings. The highest BCUT2D eigenvalue weighted by Gasteiger charge is 2.34. The van der Waals surface area contributed by atoms with E-state index in [1.54, 1.807) is 19.9 Å². The zero-order valence-corrected chi connectivity index (χ0v) is 14.4. The average Bonchev–Trinajstić information content (AvgIpc) is 2.86. The molecule has 0 N–H and O–H groups in total. The molecule has 132 valence electrons. The SMILES string of the molecule is CCN(C(=O)COc1ccc(C)cc1[N+](=O)[O-])[C@H]1CCS(=O)(=O)C1. The van der Waals surface area contributed by atoms with Crippen LogP contribution in [0.2, 0.25) is 0 Å². The molecule has 1 fully saturated rings. The fraction of sp³-hybridized carbons (Fsp3) is 0.533. The number of sulfone groups is 1. The van der Waals surface area contributed by atoms with Gasteiger partial charge in [-0.1, -0.05) is 6.07 Å². The fourth-order valence-corrected chi connectivity index (χ4v) is 4.50. The Morgan fingerprint density at radius 2 is 2.17 bits per heavy atom. The number of nitro benzene ring substituents is 1. The minimum atomic E-state index is -3.10. The van der Waals surface area contributed by atoms with Crippen molar-refractivity contribution in [1.29, 1.82) is 0 Å². The number of carbonyl (C=O) groups is 1. The zero-order valence-electron chi connectivity index (χ0n) is 13.6. The molecular formula is C15H20N2O6S. The molecule has 2 rings (SSSR count). The number of hydrogen-bond acceptors (Lipinski definition) is 6. The number of likely N-dealkylation sites (N-methyl/N-ethyl adjacent to an activating group) is 1. The van der Waals surface area contributed by atoms with E-state index in [1.165, 1.54) is 17.0 Å². The van der Waals surface area contributed by atoms with Gasteiger partial charge in [-0.05, 0) is 31.9 Å². The molecule has 0 saturated carbocycles. The summed E-state index contributed by atoms with van der Waals surface area (Å²) in [7, 11) is -3.10. The van der Waals surface area contributed by atoms with Crippen molar-refractivity contribution in [2.45, 2.75) is 26.3 Å². The molecule has 0 radical (unpaired) electrons. The molecule has 9 heteroatoms. The third-order valence-corrected chi connectivity index (χ3v) is 5.72. The van der Waals surface area contributed by atoms with Crippen LogP contribution in [-0.4, -0.2) is 54.8 Å². The van der Waals surface area contributed by atoms with Gasteiger partial charge in [0, 0.05) is 18.7 Å². The van der Waals surface area contributed by atoms with Gasteiger partial charge >= 0.3 is 5.69 Å². The number of aryl methyl sites for hydroxylation is 1. The van der Waals surface area contributed by atoms with E-state index in [4.69, 9.17) is 4.74 Å². The van der Waals surface area contributed by atoms with Crippen molar-refractivity contribution in [3.63, 3.8) is 0 Å². The normalized spacial score (nSPS) is 19.0. The maximum atomic E-state index is 12.3. The molecule has 1 aromatic carbocycles. The molecule has 0 aromatic heterocycles. The Labute approximate surface area is 140 Å². The Hall–Kier alpha value is -2.16. The summed E-state index contributed by atoms with van der Waals surface area (Å²) in [5.74, 6) is -0.327. The number of hydrogen-bond donors (Lipinski definition) is 0. The van der Waals surface area contributed by atoms with Gasteiger partial charge < -0.3 is 9.64 Å². The summed E-state index contributed by atoms with van der Waals surface area (Å²) < 4.78 is 28.5. The van der Waals surface area contributed by atoms with Crippen molar-refractivity contribution in [2.24, 2.45) is 0 Å². The van der Waals surface area contributed by atoms with E-state index in [1.807, 2.05) is 0 Å². The van der Waals surface area contributed by atoms with E-state index in [2.05, 4.69) is 0 Å². The van der Waals surface area contributed by atoms with Crippen LogP contribution >= 0.6 is 0 Å². The van der Waals surface area contributed by atoms with Crippen molar-refractivity contribution in [2.75, 3.05) is 24.7 Å². The molecule has 0 spiro atoms. The van der Waals surface area contributed by atoms with Crippen LogP contribution in [0.15, 0.2) is 18.2 Å². The second-order valence-corrected chi connectivity index (χ2v) is 7.98. The second-order valence-electron chi connectivity index (χ2n) is 5.75. The number of ether oxygens (including phenoxy) is 1. The number of carbonyl (C=O) groups excluding carboxylic acids is 1. The molecule has 1 amide bonds. The van der Waals surface area contributed by atoms with Crippen molar-refractivity contribution in [3.8, 4) is 5.75 Å². The van der Waals surface area contributed by atoms with Gasteiger partial charge in [-0.15, -0.1) is 0 Å². The Bertz CT molecular complexity index is 746. The van der Waals surface area contributed by atoms with Crippen LogP contribution in [0.3, 0.4) is 0 Å². The molecule has 1 aliphatic heterocycles. The van der Waals surface area contributed by atoms with Crippen molar-refractivity contribution in [1.82, 2.24) is 4.90 Å². The van der Waals surface area contributed by atoms with Crippen LogP contribution in [0.25, 0.3) is 0 Å². The first-order valence-corrected chi connectivity index (χ1v) is 9.43. The maximum absolute atomic E-state index is 12.3. The third-order valence-electron chi connectivity index (χ3n) is 3.97. The van der Waals surface area contributed by atoms with Crippen LogP contribution < -0.4 is 4.74 Å². The highest BCUT2D eigenvalue weighted by molar-refractivity contribution is 7.91. The topological polar surface area (TPSA) is 107 Å². The minimum Gasteiger partial charge on any atom is -0.477 e. The van der Waals surface area contributed by atoms with Crippen LogP contribution in [0.4, 0.5) is 5.69 Å². The molecule has 24 heavy (non-hydrogen) atoms. The number of rotatable bonds is 6. The van der Waals surface area contributed by atoms with Gasteiger partial charge in [0.25, 0.3) is 5.91 Å². The highest BCUT2D eigenvalue weighted by Crippen LogP contribution is 2.28. The quantitative estimate of drug-likeness (QED) is 0.562. The number of nitrogens with zero attached hydrogens (tertiary/aromatic N) is 2. The third kappa shape index (κ3) is 4.22. The molecule has 8 nitrogen and oxygen atoms in total. The number of nitro groups is 1. The van der Waals surface area contributed by atoms with Crippen LogP contribution in [0.1, 0.15) is 18.9 Å². The molecule has 0 bridgehead atoms. The van der Waals surface area contributed by atoms with Gasteiger partial charge in [-0.3, -0.25) is 14.9 Å². The summed E-state index contributed by atoms with van der Waals surface area (Å²) in [6, 6.07) is 4.13. The monoisotopic (exact) mass is 356 g/mol. The zero-order chi connectivity index (χ0) is 17.9. The standard InChI is InChI=1S/C15H20N2O6S/c1-3-16(12-6-7-24(21,22)10-12)15(18)9-23-14-5-4-11(2)8-13(14)17(19)20/h4-5,8,12H,3,6-7,9-10H2,1-2H3/t12-/m0/s1. The lowest BCUT2D eigenvalue weighted by atomic mass is 10.2. The van der Waals surface area contributed by atoms with E-state index in [9.17, 15) is 23.3 Å². The molecule has 1 heterocycles. The van der Waals surface area contributed by atoms with Crippen molar-refractivity contribution < 1.29 is 22.9 Å². The van der Waals surface area contributed by atoms with E-state index >= 15 is 0 Å². The van der Waals surface area contributed by atoms with E-state index in [0.29, 0.717) is 18.5 Å². The Morgan fingerprint density at radius 1 is 1.46 bits per heavy atom. The predicted octanol–water partition coefficient (Wildman–Crippen LogP) is 1.32. The van der Waals surface area contributed by atoms with E-state index in [-0.39, 0.29) is 41.5 Å². The lowest BCUT2D eigenvalue weighted by molar-refractivity contribution is -0.385. The molecule has 1 atom stereocenters. The van der Waals surface area contributed by atoms with E-state index < -0.39 is 14.8 Å². The van der Waals surface area contributed by atoms with E-state index in [0.717, 1.165) is 0 Å². The van der Waals surface area contributed by atoms with Gasteiger partial charge in [-0.25, -0.2) is 8.42 Å². The van der Waals surface area contributed by atoms with Crippen molar-refractivity contribution >= 4 is 21.4 Å². The van der Waals surface area contributed by atoms with Gasteiger partial charge in [0.05, 0.1) is 16.4 Å². The summed E-state index contributed by atoms with van der Waals surface area (Å²) in [6.45, 7) is 3.48. The molecule has 1 saturated heterocycles. The summed E-state index contributed by atoms with van der Waals surface area (Å²) in [6.07, 6.45) is 0.409. The molecule has 0 unspecified atom stereocenters. The molecule has 1 aromatic rings. The molecular weight excluding hydrogens is 336 g/mol. The fourth-order valence-electron chi connectivity index (χ4n) is 2.77. The predicted molar refractivity (Wildman–Crippen MR) is 87.8 cm³/mol. The van der Waals surface area contributed by atoms with Gasteiger partial charge in [0.2, 0.25) is 0 Å². The minimum absolute atomic E-state index is 0.0223. The number of amides is 1. The second kappa shape index (κ2) is 7.16. The summed E-state index contributed by atoms with van der Waals surface area (Å²) >= 11 is 0. The van der Waals surface area contributed by atoms with Gasteiger partial charge in [0.1, 0.15) is 0 Å². The van der Waals surface area contributed by atoms with Gasteiger partial charge in [0.15, 0.2) is 22.2 Å². The average molecular weight is 356 g/mol. The smallest absolute Gasteiger partial charge is 0.311 e. The van der Waals surface area contributed by atoms with Crippen LogP contribution in [0.5, 0.6) is 5.75 Å². The van der Waals surface area contributed by atoms with Crippen molar-refractivity contribution in [3.05, 3.63) is 33.9 Å². The number of benzene rings is 1. The first kappa shape index (κ1) is 18.2. The Balaban J connectivity index is 2.06. The summed E-state index contributed by atoms with van der Waals surface area (Å²) in [4.78, 5) is 24.3. The Kier molecular flexibility index (Phi) is 5.43. The van der Waals surface area contributed by atoms with Gasteiger partial charge in [-0.2, -0.15) is 0 Å². The lowest BCUT2D eigenvalue weighted by Crippen LogP contribution is -2.43. The Morgan fingerprint density at radius 3 is 2.71 bits per heavy atom. The van der Waals surface area contributed by atoms with Crippen LogP contribution in [-0.2, 0) is 14.6 Å². The van der Waals surface area contributed by atoms with Crippen LogP contribution in [0, 0.1) is 17.0 Å². The largest absolute Gasteiger partial charge is 0.477 e. The summed E-state index contributed by atoms with van der Waals surface area (Å²) in [5.41, 5.74) is 0.515. The first-order valence-electron chi connectivity index (χ1n) is 7.61. The lowest BCUT2D eigenvalue weighted by Gasteiger charge is -2.26. The highest BCUT2D eigenvalue weighted by atomic mass is 32.2. The maximum Gasteiger partial charge on any atom is 0.311 e. The first-order chi connectivity index (χ1) is 11.2. The molecule has 0 aliphatic carbocycles.